The number of pyridine rings is 1. The highest BCUT2D eigenvalue weighted by atomic mass is 35.5. The first kappa shape index (κ1) is 16.5. The summed E-state index contributed by atoms with van der Waals surface area (Å²) in [6.07, 6.45) is -1.07. The normalized spacial score (nSPS) is 12.0. The van der Waals surface area contributed by atoms with Crippen molar-refractivity contribution in [3.05, 3.63) is 67.6 Å². The third kappa shape index (κ3) is 3.68. The molecule has 0 aliphatic carbocycles. The van der Waals surface area contributed by atoms with Crippen LogP contribution in [-0.2, 0) is 0 Å². The highest BCUT2D eigenvalue weighted by Crippen LogP contribution is 2.29. The second-order valence-electron chi connectivity index (χ2n) is 4.75. The molecule has 1 amide bonds. The van der Waals surface area contributed by atoms with Crippen molar-refractivity contribution in [1.29, 1.82) is 0 Å². The molecule has 5 nitrogen and oxygen atoms in total. The fraction of sp³-hybridized carbons (Fsp3) is 0.200. The largest absolute Gasteiger partial charge is 0.386 e. The van der Waals surface area contributed by atoms with Crippen molar-refractivity contribution in [2.75, 3.05) is 6.54 Å². The van der Waals surface area contributed by atoms with E-state index in [0.717, 1.165) is 0 Å². The fourth-order valence-corrected chi connectivity index (χ4v) is 2.62. The van der Waals surface area contributed by atoms with Crippen LogP contribution in [0.2, 0.25) is 10.0 Å². The lowest BCUT2D eigenvalue weighted by molar-refractivity contribution is 0.0915. The number of aliphatic hydroxyl groups excluding tert-OH is 1. The van der Waals surface area contributed by atoms with Crippen LogP contribution in [0.1, 0.15) is 27.7 Å². The molecule has 0 unspecified atom stereocenters. The summed E-state index contributed by atoms with van der Waals surface area (Å²) < 4.78 is 0. The van der Waals surface area contributed by atoms with Gasteiger partial charge in [-0.15, -0.1) is 0 Å². The zero-order chi connectivity index (χ0) is 16.3. The average molecular weight is 341 g/mol. The summed E-state index contributed by atoms with van der Waals surface area (Å²) in [4.78, 5) is 26.2. The number of carbonyl (C=O) groups excluding carboxylic acids is 1. The number of rotatable bonds is 4. The molecule has 116 valence electrons. The van der Waals surface area contributed by atoms with Crippen LogP contribution in [-0.4, -0.2) is 22.5 Å². The van der Waals surface area contributed by atoms with Crippen molar-refractivity contribution < 1.29 is 9.90 Å². The van der Waals surface area contributed by atoms with E-state index in [-0.39, 0.29) is 12.1 Å². The van der Waals surface area contributed by atoms with E-state index < -0.39 is 17.6 Å². The number of aliphatic hydroxyl groups is 1. The predicted molar refractivity (Wildman–Crippen MR) is 85.6 cm³/mol. The third-order valence-electron chi connectivity index (χ3n) is 3.09. The molecule has 0 aliphatic heterocycles. The van der Waals surface area contributed by atoms with E-state index in [2.05, 4.69) is 10.3 Å². The lowest BCUT2D eigenvalue weighted by Crippen LogP contribution is -2.32. The first-order valence-corrected chi connectivity index (χ1v) is 7.26. The summed E-state index contributed by atoms with van der Waals surface area (Å²) >= 11 is 12.0. The molecule has 22 heavy (non-hydrogen) atoms. The minimum Gasteiger partial charge on any atom is -0.386 e. The molecule has 2 rings (SSSR count). The van der Waals surface area contributed by atoms with Gasteiger partial charge in [-0.05, 0) is 31.2 Å². The van der Waals surface area contributed by atoms with E-state index in [1.54, 1.807) is 31.2 Å². The number of H-pyrrole nitrogens is 1. The maximum atomic E-state index is 12.0. The van der Waals surface area contributed by atoms with E-state index in [9.17, 15) is 14.7 Å². The second kappa shape index (κ2) is 6.96. The number of amides is 1. The number of aromatic nitrogens is 1. The van der Waals surface area contributed by atoms with E-state index >= 15 is 0 Å². The van der Waals surface area contributed by atoms with E-state index in [0.29, 0.717) is 21.3 Å². The Labute approximate surface area is 136 Å². The number of benzene rings is 1. The predicted octanol–water partition coefficient (Wildman–Crippen LogP) is 2.45. The summed E-state index contributed by atoms with van der Waals surface area (Å²) in [5, 5.41) is 13.2. The molecule has 0 aliphatic rings. The average Bonchev–Trinajstić information content (AvgIpc) is 2.44. The van der Waals surface area contributed by atoms with Gasteiger partial charge in [-0.3, -0.25) is 9.59 Å². The Kier molecular flexibility index (Phi) is 5.24. The number of nitrogens with one attached hydrogen (secondary N) is 2. The standard InChI is InChI=1S/C15H14Cl2N2O3/c1-8-5-6-9(15(22)19-8)14(21)18-7-12(20)13-10(16)3-2-4-11(13)17/h2-6,12,20H,7H2,1H3,(H,18,21)(H,19,22)/t12-/m0/s1. The van der Waals surface area contributed by atoms with Gasteiger partial charge in [-0.1, -0.05) is 29.3 Å². The van der Waals surface area contributed by atoms with Crippen molar-refractivity contribution in [1.82, 2.24) is 10.3 Å². The maximum absolute atomic E-state index is 12.0. The van der Waals surface area contributed by atoms with Gasteiger partial charge in [0.25, 0.3) is 11.5 Å². The van der Waals surface area contributed by atoms with E-state index in [1.165, 1.54) is 6.07 Å². The Morgan fingerprint density at radius 3 is 2.50 bits per heavy atom. The van der Waals surface area contributed by atoms with Crippen LogP contribution in [0.15, 0.2) is 35.1 Å². The minimum absolute atomic E-state index is 0.0249. The Morgan fingerprint density at radius 1 is 1.27 bits per heavy atom. The second-order valence-corrected chi connectivity index (χ2v) is 5.56. The third-order valence-corrected chi connectivity index (χ3v) is 3.75. The summed E-state index contributed by atoms with van der Waals surface area (Å²) in [5.41, 5.74) is 0.485. The SMILES string of the molecule is Cc1ccc(C(=O)NC[C@H](O)c2c(Cl)cccc2Cl)c(=O)[nH]1. The number of hydrogen-bond donors (Lipinski definition) is 3. The fourth-order valence-electron chi connectivity index (χ4n) is 1.97. The van der Waals surface area contributed by atoms with Gasteiger partial charge >= 0.3 is 0 Å². The van der Waals surface area contributed by atoms with Crippen molar-refractivity contribution in [2.24, 2.45) is 0 Å². The van der Waals surface area contributed by atoms with E-state index in [4.69, 9.17) is 23.2 Å². The van der Waals surface area contributed by atoms with Crippen LogP contribution >= 0.6 is 23.2 Å². The van der Waals surface area contributed by atoms with Gasteiger partial charge in [0, 0.05) is 27.8 Å². The minimum atomic E-state index is -1.07. The first-order chi connectivity index (χ1) is 10.4. The highest BCUT2D eigenvalue weighted by Gasteiger charge is 2.17. The molecule has 0 fully saturated rings. The lowest BCUT2D eigenvalue weighted by atomic mass is 10.1. The molecule has 1 aromatic heterocycles. The van der Waals surface area contributed by atoms with Gasteiger partial charge in [-0.2, -0.15) is 0 Å². The maximum Gasteiger partial charge on any atom is 0.260 e. The van der Waals surface area contributed by atoms with Gasteiger partial charge in [0.1, 0.15) is 5.56 Å². The van der Waals surface area contributed by atoms with Crippen molar-refractivity contribution in [3.8, 4) is 0 Å². The van der Waals surface area contributed by atoms with Gasteiger partial charge in [0.2, 0.25) is 0 Å². The number of carbonyl (C=O) groups is 1. The quantitative estimate of drug-likeness (QED) is 0.799. The smallest absolute Gasteiger partial charge is 0.260 e. The van der Waals surface area contributed by atoms with Crippen molar-refractivity contribution >= 4 is 29.1 Å². The molecule has 0 radical (unpaired) electrons. The van der Waals surface area contributed by atoms with Crippen LogP contribution in [0.25, 0.3) is 0 Å². The van der Waals surface area contributed by atoms with E-state index in [1.807, 2.05) is 0 Å². The summed E-state index contributed by atoms with van der Waals surface area (Å²) in [7, 11) is 0. The molecule has 1 heterocycles. The summed E-state index contributed by atoms with van der Waals surface area (Å²) in [5.74, 6) is -0.580. The van der Waals surface area contributed by atoms with Crippen molar-refractivity contribution in [3.63, 3.8) is 0 Å². The first-order valence-electron chi connectivity index (χ1n) is 6.50. The summed E-state index contributed by atoms with van der Waals surface area (Å²) in [6, 6.07) is 7.90. The van der Waals surface area contributed by atoms with Crippen LogP contribution in [0.4, 0.5) is 0 Å². The van der Waals surface area contributed by atoms with Crippen LogP contribution in [0, 0.1) is 6.92 Å². The topological polar surface area (TPSA) is 82.2 Å². The number of hydrogen-bond acceptors (Lipinski definition) is 3. The van der Waals surface area contributed by atoms with Gasteiger partial charge in [-0.25, -0.2) is 0 Å². The Morgan fingerprint density at radius 2 is 1.91 bits per heavy atom. The van der Waals surface area contributed by atoms with Crippen LogP contribution in [0.3, 0.4) is 0 Å². The molecule has 1 atom stereocenters. The lowest BCUT2D eigenvalue weighted by Gasteiger charge is -2.15. The number of halogens is 2. The molecule has 0 bridgehead atoms. The molecular weight excluding hydrogens is 327 g/mol. The molecule has 0 spiro atoms. The molecule has 3 N–H and O–H groups in total. The molecule has 0 saturated carbocycles. The Bertz CT molecular complexity index is 738. The molecular formula is C15H14Cl2N2O3. The van der Waals surface area contributed by atoms with Crippen LogP contribution < -0.4 is 10.9 Å². The molecule has 1 aromatic carbocycles. The Hall–Kier alpha value is -1.82. The van der Waals surface area contributed by atoms with Crippen molar-refractivity contribution in [2.45, 2.75) is 13.0 Å². The van der Waals surface area contributed by atoms with Gasteiger partial charge in [0.05, 0.1) is 6.10 Å². The molecule has 2 aromatic rings. The molecule has 0 saturated heterocycles. The zero-order valence-electron chi connectivity index (χ0n) is 11.7. The Balaban J connectivity index is 2.09. The summed E-state index contributed by atoms with van der Waals surface area (Å²) in [6.45, 7) is 1.60. The monoisotopic (exact) mass is 340 g/mol. The van der Waals surface area contributed by atoms with Gasteiger partial charge in [0.15, 0.2) is 0 Å². The number of aromatic amines is 1. The van der Waals surface area contributed by atoms with Crippen LogP contribution in [0.5, 0.6) is 0 Å². The number of aryl methyl sites for hydroxylation is 1. The molecule has 7 heteroatoms. The highest BCUT2D eigenvalue weighted by molar-refractivity contribution is 6.36. The van der Waals surface area contributed by atoms with Gasteiger partial charge < -0.3 is 15.4 Å². The zero-order valence-corrected chi connectivity index (χ0v) is 13.2.